The molecular weight excluding hydrogens is 238 g/mol. The van der Waals surface area contributed by atoms with Crippen molar-refractivity contribution in [1.29, 1.82) is 0 Å². The molecule has 0 aliphatic heterocycles. The van der Waals surface area contributed by atoms with E-state index in [1.165, 1.54) is 38.5 Å². The van der Waals surface area contributed by atoms with Crippen LogP contribution < -0.4 is 5.32 Å². The zero-order valence-corrected chi connectivity index (χ0v) is 11.0. The molecule has 100 valence electrons. The minimum atomic E-state index is 0.580. The number of rotatable bonds is 4. The summed E-state index contributed by atoms with van der Waals surface area (Å²) in [5, 5.41) is 3.43. The molecule has 19 heavy (non-hydrogen) atoms. The number of anilines is 1. The van der Waals surface area contributed by atoms with Crippen LogP contribution in [-0.2, 0) is 0 Å². The van der Waals surface area contributed by atoms with E-state index in [0.717, 1.165) is 29.4 Å². The zero-order valence-electron chi connectivity index (χ0n) is 11.0. The molecule has 2 saturated carbocycles. The number of imidazole rings is 1. The highest BCUT2D eigenvalue weighted by Gasteiger charge is 2.23. The Labute approximate surface area is 112 Å². The average Bonchev–Trinajstić information content (AvgIpc) is 2.92. The van der Waals surface area contributed by atoms with Gasteiger partial charge >= 0.3 is 0 Å². The number of hydrogen-bond donors (Lipinski definition) is 1. The lowest BCUT2D eigenvalue weighted by Gasteiger charge is -2.11. The highest BCUT2D eigenvalue weighted by atomic mass is 15.2. The lowest BCUT2D eigenvalue weighted by Crippen LogP contribution is -2.07. The van der Waals surface area contributed by atoms with Gasteiger partial charge in [-0.05, 0) is 31.6 Å². The molecule has 2 aliphatic carbocycles. The Bertz CT molecular complexity index is 581. The van der Waals surface area contributed by atoms with E-state index in [-0.39, 0.29) is 0 Å². The maximum atomic E-state index is 4.54. The van der Waals surface area contributed by atoms with E-state index in [1.807, 2.05) is 6.33 Å². The summed E-state index contributed by atoms with van der Waals surface area (Å²) in [6.45, 7) is 1.02. The van der Waals surface area contributed by atoms with Crippen molar-refractivity contribution in [3.63, 3.8) is 0 Å². The second kappa shape index (κ2) is 4.47. The third-order valence-electron chi connectivity index (χ3n) is 4.33. The highest BCUT2D eigenvalue weighted by molar-refractivity contribution is 5.82. The topological polar surface area (TPSA) is 55.6 Å². The summed E-state index contributed by atoms with van der Waals surface area (Å²) in [4.78, 5) is 13.3. The van der Waals surface area contributed by atoms with E-state index < -0.39 is 0 Å². The van der Waals surface area contributed by atoms with E-state index in [0.29, 0.717) is 6.04 Å². The quantitative estimate of drug-likeness (QED) is 0.915. The average molecular weight is 257 g/mol. The molecule has 0 aromatic carbocycles. The van der Waals surface area contributed by atoms with Crippen LogP contribution in [0.4, 0.5) is 5.82 Å². The summed E-state index contributed by atoms with van der Waals surface area (Å²) >= 11 is 0. The highest BCUT2D eigenvalue weighted by Crippen LogP contribution is 2.33. The fourth-order valence-electron chi connectivity index (χ4n) is 2.99. The number of nitrogens with zero attached hydrogens (tertiary/aromatic N) is 4. The second-order valence-electron chi connectivity index (χ2n) is 5.81. The molecule has 2 heterocycles. The number of hydrogen-bond acceptors (Lipinski definition) is 4. The van der Waals surface area contributed by atoms with Gasteiger partial charge in [-0.1, -0.05) is 12.8 Å². The molecule has 0 saturated heterocycles. The van der Waals surface area contributed by atoms with Gasteiger partial charge < -0.3 is 9.88 Å². The standard InChI is InChI=1S/C14H19N5/c1-2-4-11(3-1)19-9-18-12-13(15-7-10-5-6-10)16-8-17-14(12)19/h8-11H,1-7H2,(H,15,16,17). The van der Waals surface area contributed by atoms with Gasteiger partial charge in [-0.3, -0.25) is 0 Å². The van der Waals surface area contributed by atoms with Crippen molar-refractivity contribution in [2.75, 3.05) is 11.9 Å². The van der Waals surface area contributed by atoms with Crippen LogP contribution in [0.5, 0.6) is 0 Å². The molecule has 4 rings (SSSR count). The Balaban J connectivity index is 1.66. The summed E-state index contributed by atoms with van der Waals surface area (Å²) < 4.78 is 2.24. The van der Waals surface area contributed by atoms with E-state index in [4.69, 9.17) is 0 Å². The Hall–Kier alpha value is -1.65. The number of fused-ring (bicyclic) bond motifs is 1. The first-order valence-electron chi connectivity index (χ1n) is 7.33. The van der Waals surface area contributed by atoms with Gasteiger partial charge in [0.05, 0.1) is 6.33 Å². The summed E-state index contributed by atoms with van der Waals surface area (Å²) in [7, 11) is 0. The summed E-state index contributed by atoms with van der Waals surface area (Å²) in [6.07, 6.45) is 11.4. The van der Waals surface area contributed by atoms with E-state index in [9.17, 15) is 0 Å². The Morgan fingerprint density at radius 3 is 2.74 bits per heavy atom. The van der Waals surface area contributed by atoms with Gasteiger partial charge in [0, 0.05) is 12.6 Å². The third-order valence-corrected chi connectivity index (χ3v) is 4.33. The van der Waals surface area contributed by atoms with E-state index in [1.54, 1.807) is 6.33 Å². The second-order valence-corrected chi connectivity index (χ2v) is 5.81. The van der Waals surface area contributed by atoms with Crippen LogP contribution in [0.15, 0.2) is 12.7 Å². The lowest BCUT2D eigenvalue weighted by molar-refractivity contribution is 0.529. The van der Waals surface area contributed by atoms with Crippen LogP contribution in [0, 0.1) is 5.92 Å². The Morgan fingerprint density at radius 1 is 1.11 bits per heavy atom. The maximum absolute atomic E-state index is 4.54. The molecule has 2 fully saturated rings. The summed E-state index contributed by atoms with van der Waals surface area (Å²) in [5.74, 6) is 1.73. The molecule has 2 aromatic rings. The van der Waals surface area contributed by atoms with Gasteiger partial charge in [0.25, 0.3) is 0 Å². The minimum absolute atomic E-state index is 0.580. The van der Waals surface area contributed by atoms with Crippen LogP contribution in [0.2, 0.25) is 0 Å². The normalized spacial score (nSPS) is 20.2. The van der Waals surface area contributed by atoms with Crippen molar-refractivity contribution in [3.8, 4) is 0 Å². The first kappa shape index (κ1) is 11.2. The summed E-state index contributed by atoms with van der Waals surface area (Å²) in [6, 6.07) is 0.580. The SMILES string of the molecule is c1nc(NCC2CC2)c2ncn(C3CCCC3)c2n1. The molecule has 2 aromatic heterocycles. The number of nitrogens with one attached hydrogen (secondary N) is 1. The largest absolute Gasteiger partial charge is 0.368 e. The van der Waals surface area contributed by atoms with Crippen molar-refractivity contribution in [2.24, 2.45) is 5.92 Å². The van der Waals surface area contributed by atoms with Gasteiger partial charge in [-0.25, -0.2) is 15.0 Å². The monoisotopic (exact) mass is 257 g/mol. The van der Waals surface area contributed by atoms with Crippen molar-refractivity contribution in [2.45, 2.75) is 44.6 Å². The molecule has 0 radical (unpaired) electrons. The van der Waals surface area contributed by atoms with Crippen LogP contribution >= 0.6 is 0 Å². The molecule has 1 N–H and O–H groups in total. The molecular formula is C14H19N5. The smallest absolute Gasteiger partial charge is 0.165 e. The fourth-order valence-corrected chi connectivity index (χ4v) is 2.99. The van der Waals surface area contributed by atoms with Crippen molar-refractivity contribution >= 4 is 17.0 Å². The molecule has 0 unspecified atom stereocenters. The first-order chi connectivity index (χ1) is 9.42. The van der Waals surface area contributed by atoms with Crippen molar-refractivity contribution in [1.82, 2.24) is 19.5 Å². The van der Waals surface area contributed by atoms with Crippen LogP contribution in [0.3, 0.4) is 0 Å². The predicted octanol–water partition coefficient (Wildman–Crippen LogP) is 2.76. The summed E-state index contributed by atoms with van der Waals surface area (Å²) in [5.41, 5.74) is 1.91. The molecule has 5 heteroatoms. The fraction of sp³-hybridized carbons (Fsp3) is 0.643. The minimum Gasteiger partial charge on any atom is -0.368 e. The van der Waals surface area contributed by atoms with Crippen LogP contribution in [0.25, 0.3) is 11.2 Å². The maximum Gasteiger partial charge on any atom is 0.165 e. The molecule has 0 amide bonds. The Kier molecular flexibility index (Phi) is 2.64. The zero-order chi connectivity index (χ0) is 12.7. The van der Waals surface area contributed by atoms with Gasteiger partial charge in [0.2, 0.25) is 0 Å². The van der Waals surface area contributed by atoms with Gasteiger partial charge in [0.1, 0.15) is 11.8 Å². The van der Waals surface area contributed by atoms with Crippen LogP contribution in [0.1, 0.15) is 44.6 Å². The van der Waals surface area contributed by atoms with E-state index >= 15 is 0 Å². The van der Waals surface area contributed by atoms with E-state index in [2.05, 4.69) is 24.8 Å². The molecule has 2 aliphatic rings. The van der Waals surface area contributed by atoms with Gasteiger partial charge in [-0.2, -0.15) is 0 Å². The molecule has 5 nitrogen and oxygen atoms in total. The van der Waals surface area contributed by atoms with Gasteiger partial charge in [-0.15, -0.1) is 0 Å². The first-order valence-corrected chi connectivity index (χ1v) is 7.33. The Morgan fingerprint density at radius 2 is 1.95 bits per heavy atom. The van der Waals surface area contributed by atoms with Crippen molar-refractivity contribution in [3.05, 3.63) is 12.7 Å². The third kappa shape index (κ3) is 2.07. The van der Waals surface area contributed by atoms with Crippen molar-refractivity contribution < 1.29 is 0 Å². The molecule has 0 spiro atoms. The molecule has 0 bridgehead atoms. The predicted molar refractivity (Wildman–Crippen MR) is 74.0 cm³/mol. The van der Waals surface area contributed by atoms with Crippen LogP contribution in [-0.4, -0.2) is 26.1 Å². The number of aromatic nitrogens is 4. The van der Waals surface area contributed by atoms with Gasteiger partial charge in [0.15, 0.2) is 11.5 Å². The lowest BCUT2D eigenvalue weighted by atomic mass is 10.2. The molecule has 0 atom stereocenters.